The molecule has 27 heavy (non-hydrogen) atoms. The first-order valence-electron chi connectivity index (χ1n) is 8.89. The zero-order valence-corrected chi connectivity index (χ0v) is 16.0. The van der Waals surface area contributed by atoms with Gasteiger partial charge < -0.3 is 9.84 Å². The molecule has 1 saturated carbocycles. The summed E-state index contributed by atoms with van der Waals surface area (Å²) in [7, 11) is 0. The number of hydrogen-bond acceptors (Lipinski definition) is 6. The van der Waals surface area contributed by atoms with Crippen molar-refractivity contribution in [1.82, 2.24) is 15.1 Å². The second-order valence-electron chi connectivity index (χ2n) is 6.72. The lowest BCUT2D eigenvalue weighted by Gasteiger charge is -2.11. The predicted octanol–water partition coefficient (Wildman–Crippen LogP) is 4.36. The molecule has 0 saturated heterocycles. The molecule has 1 fully saturated rings. The van der Waals surface area contributed by atoms with Gasteiger partial charge in [-0.3, -0.25) is 4.79 Å². The Balaban J connectivity index is 1.35. The van der Waals surface area contributed by atoms with E-state index in [1.165, 1.54) is 11.8 Å². The molecule has 138 valence electrons. The van der Waals surface area contributed by atoms with Crippen LogP contribution in [0.3, 0.4) is 0 Å². The molecule has 4 rings (SSSR count). The Bertz CT molecular complexity index is 944. The maximum atomic E-state index is 12.3. The first-order valence-corrected chi connectivity index (χ1v) is 9.87. The fourth-order valence-corrected chi connectivity index (χ4v) is 3.42. The minimum atomic E-state index is -0.0470. The summed E-state index contributed by atoms with van der Waals surface area (Å²) in [5.74, 6) is 1.99. The molecule has 1 aliphatic carbocycles. The van der Waals surface area contributed by atoms with E-state index in [-0.39, 0.29) is 5.91 Å². The highest BCUT2D eigenvalue weighted by atomic mass is 32.2. The van der Waals surface area contributed by atoms with Gasteiger partial charge in [0.2, 0.25) is 5.91 Å². The number of amides is 1. The van der Waals surface area contributed by atoms with E-state index < -0.39 is 0 Å². The molecule has 0 radical (unpaired) electrons. The standard InChI is InChI=1S/C20H20N4O2S/c1-12-4-3-5-13(2)18(12)22-16(25)11-27-17-9-8-15(10-21-17)20-23-19(24-26-20)14-6-7-14/h3-5,8-10,14H,6-7,11H2,1-2H3,(H,22,25). The van der Waals surface area contributed by atoms with Crippen LogP contribution in [0.25, 0.3) is 11.5 Å². The highest BCUT2D eigenvalue weighted by Gasteiger charge is 2.29. The number of carbonyl (C=O) groups is 1. The van der Waals surface area contributed by atoms with Gasteiger partial charge in [0.05, 0.1) is 16.3 Å². The summed E-state index contributed by atoms with van der Waals surface area (Å²) in [6, 6.07) is 9.72. The third kappa shape index (κ3) is 4.19. The van der Waals surface area contributed by atoms with Crippen LogP contribution in [-0.4, -0.2) is 26.8 Å². The molecule has 0 unspecified atom stereocenters. The number of thioether (sulfide) groups is 1. The third-order valence-corrected chi connectivity index (χ3v) is 5.41. The molecule has 2 heterocycles. The van der Waals surface area contributed by atoms with Crippen LogP contribution >= 0.6 is 11.8 Å². The molecule has 1 amide bonds. The molecule has 0 bridgehead atoms. The molecule has 2 aromatic heterocycles. The van der Waals surface area contributed by atoms with Crippen LogP contribution in [0, 0.1) is 13.8 Å². The highest BCUT2D eigenvalue weighted by Crippen LogP contribution is 2.38. The van der Waals surface area contributed by atoms with Crippen LogP contribution in [-0.2, 0) is 4.79 Å². The van der Waals surface area contributed by atoms with E-state index in [1.54, 1.807) is 6.20 Å². The Labute approximate surface area is 161 Å². The lowest BCUT2D eigenvalue weighted by molar-refractivity contribution is -0.113. The molecule has 0 aliphatic heterocycles. The summed E-state index contributed by atoms with van der Waals surface area (Å²) in [4.78, 5) is 21.1. The van der Waals surface area contributed by atoms with E-state index in [1.807, 2.05) is 44.2 Å². The van der Waals surface area contributed by atoms with Crippen molar-refractivity contribution in [3.8, 4) is 11.5 Å². The molecule has 1 N–H and O–H groups in total. The van der Waals surface area contributed by atoms with Gasteiger partial charge in [-0.2, -0.15) is 4.98 Å². The van der Waals surface area contributed by atoms with Crippen LogP contribution in [0.4, 0.5) is 5.69 Å². The molecule has 0 atom stereocenters. The van der Waals surface area contributed by atoms with Crippen molar-refractivity contribution in [2.24, 2.45) is 0 Å². The van der Waals surface area contributed by atoms with E-state index >= 15 is 0 Å². The zero-order chi connectivity index (χ0) is 18.8. The Kier molecular flexibility index (Phi) is 4.94. The van der Waals surface area contributed by atoms with E-state index in [2.05, 4.69) is 20.4 Å². The van der Waals surface area contributed by atoms with Gasteiger partial charge in [-0.25, -0.2) is 4.98 Å². The Morgan fingerprint density at radius 1 is 1.22 bits per heavy atom. The SMILES string of the molecule is Cc1cccc(C)c1NC(=O)CSc1ccc(-c2nc(C3CC3)no2)cn1. The van der Waals surface area contributed by atoms with E-state index in [0.29, 0.717) is 17.6 Å². The number of aromatic nitrogens is 3. The fraction of sp³-hybridized carbons (Fsp3) is 0.300. The number of pyridine rings is 1. The second-order valence-corrected chi connectivity index (χ2v) is 7.72. The van der Waals surface area contributed by atoms with Gasteiger partial charge in [-0.05, 0) is 49.9 Å². The van der Waals surface area contributed by atoms with Crippen molar-refractivity contribution in [2.45, 2.75) is 37.6 Å². The maximum absolute atomic E-state index is 12.3. The largest absolute Gasteiger partial charge is 0.334 e. The molecular weight excluding hydrogens is 360 g/mol. The summed E-state index contributed by atoms with van der Waals surface area (Å²) in [6.45, 7) is 3.98. The van der Waals surface area contributed by atoms with Gasteiger partial charge in [0.15, 0.2) is 5.82 Å². The third-order valence-electron chi connectivity index (χ3n) is 4.46. The minimum absolute atomic E-state index is 0.0470. The molecule has 0 spiro atoms. The number of benzene rings is 1. The average molecular weight is 380 g/mol. The monoisotopic (exact) mass is 380 g/mol. The smallest absolute Gasteiger partial charge is 0.259 e. The molecule has 6 nitrogen and oxygen atoms in total. The summed E-state index contributed by atoms with van der Waals surface area (Å²) >= 11 is 1.39. The number of carbonyl (C=O) groups excluding carboxylic acids is 1. The molecular formula is C20H20N4O2S. The lowest BCUT2D eigenvalue weighted by atomic mass is 10.1. The summed E-state index contributed by atoms with van der Waals surface area (Å²) in [5.41, 5.74) is 3.79. The van der Waals surface area contributed by atoms with Crippen LogP contribution in [0.15, 0.2) is 46.1 Å². The van der Waals surface area contributed by atoms with Crippen LogP contribution in [0.2, 0.25) is 0 Å². The van der Waals surface area contributed by atoms with Crippen molar-refractivity contribution in [1.29, 1.82) is 0 Å². The quantitative estimate of drug-likeness (QED) is 0.640. The number of aryl methyl sites for hydroxylation is 2. The van der Waals surface area contributed by atoms with E-state index in [9.17, 15) is 4.79 Å². The van der Waals surface area contributed by atoms with Crippen molar-refractivity contribution in [2.75, 3.05) is 11.1 Å². The first-order chi connectivity index (χ1) is 13.1. The molecule has 1 aliphatic rings. The molecule has 7 heteroatoms. The number of para-hydroxylation sites is 1. The fourth-order valence-electron chi connectivity index (χ4n) is 2.78. The second kappa shape index (κ2) is 7.52. The van der Waals surface area contributed by atoms with Crippen molar-refractivity contribution in [3.63, 3.8) is 0 Å². The van der Waals surface area contributed by atoms with Gasteiger partial charge in [-0.1, -0.05) is 35.1 Å². The Morgan fingerprint density at radius 2 is 2.00 bits per heavy atom. The Morgan fingerprint density at radius 3 is 2.67 bits per heavy atom. The predicted molar refractivity (Wildman–Crippen MR) is 105 cm³/mol. The summed E-state index contributed by atoms with van der Waals surface area (Å²) in [6.07, 6.45) is 3.98. The zero-order valence-electron chi connectivity index (χ0n) is 15.2. The normalized spacial score (nSPS) is 13.6. The first kappa shape index (κ1) is 17.7. The van der Waals surface area contributed by atoms with Crippen molar-refractivity contribution < 1.29 is 9.32 Å². The maximum Gasteiger partial charge on any atom is 0.259 e. The number of nitrogens with one attached hydrogen (secondary N) is 1. The van der Waals surface area contributed by atoms with Gasteiger partial charge in [-0.15, -0.1) is 0 Å². The van der Waals surface area contributed by atoms with Crippen molar-refractivity contribution >= 4 is 23.4 Å². The number of anilines is 1. The number of hydrogen-bond donors (Lipinski definition) is 1. The lowest BCUT2D eigenvalue weighted by Crippen LogP contribution is -2.15. The van der Waals surface area contributed by atoms with Gasteiger partial charge in [0.1, 0.15) is 0 Å². The van der Waals surface area contributed by atoms with Crippen LogP contribution < -0.4 is 5.32 Å². The number of rotatable bonds is 6. The number of nitrogens with zero attached hydrogens (tertiary/aromatic N) is 3. The van der Waals surface area contributed by atoms with E-state index in [4.69, 9.17) is 4.52 Å². The van der Waals surface area contributed by atoms with E-state index in [0.717, 1.165) is 46.1 Å². The van der Waals surface area contributed by atoms with Crippen LogP contribution in [0.5, 0.6) is 0 Å². The Hall–Kier alpha value is -2.67. The minimum Gasteiger partial charge on any atom is -0.334 e. The topological polar surface area (TPSA) is 80.9 Å². The van der Waals surface area contributed by atoms with Crippen molar-refractivity contribution in [3.05, 3.63) is 53.5 Å². The summed E-state index contributed by atoms with van der Waals surface area (Å²) < 4.78 is 5.31. The average Bonchev–Trinajstić information content (AvgIpc) is 3.41. The molecule has 1 aromatic carbocycles. The van der Waals surface area contributed by atoms with Crippen LogP contribution in [0.1, 0.15) is 35.7 Å². The molecule has 3 aromatic rings. The van der Waals surface area contributed by atoms with Gasteiger partial charge in [0.25, 0.3) is 5.89 Å². The summed E-state index contributed by atoms with van der Waals surface area (Å²) in [5, 5.41) is 7.78. The van der Waals surface area contributed by atoms with Gasteiger partial charge in [0, 0.05) is 17.8 Å². The highest BCUT2D eigenvalue weighted by molar-refractivity contribution is 7.99. The van der Waals surface area contributed by atoms with Gasteiger partial charge >= 0.3 is 0 Å².